The van der Waals surface area contributed by atoms with Crippen LogP contribution >= 0.6 is 0 Å². The normalized spacial score (nSPS) is 17.8. The molecule has 1 aromatic heterocycles. The molecule has 3 rings (SSSR count). The number of hydrogen-bond acceptors (Lipinski definition) is 6. The molecule has 0 radical (unpaired) electrons. The Morgan fingerprint density at radius 2 is 2.00 bits per heavy atom. The molecular weight excluding hydrogens is 324 g/mol. The molecule has 6 nitrogen and oxygen atoms in total. The van der Waals surface area contributed by atoms with E-state index < -0.39 is 23.7 Å². The first kappa shape index (κ1) is 16.1. The fraction of sp³-hybridized carbons (Fsp3) is 0.250. The summed E-state index contributed by atoms with van der Waals surface area (Å²) in [5, 5.41) is 10.1. The van der Waals surface area contributed by atoms with E-state index in [1.165, 1.54) is 44.6 Å². The number of alkyl halides is 2. The molecule has 1 aliphatic heterocycles. The highest BCUT2D eigenvalue weighted by molar-refractivity contribution is 5.90. The first-order valence-electron chi connectivity index (χ1n) is 6.90. The van der Waals surface area contributed by atoms with Gasteiger partial charge in [0, 0.05) is 11.6 Å². The maximum absolute atomic E-state index is 14.6. The van der Waals surface area contributed by atoms with Crippen molar-refractivity contribution in [3.63, 3.8) is 0 Å². The summed E-state index contributed by atoms with van der Waals surface area (Å²) < 4.78 is 44.2. The highest BCUT2D eigenvalue weighted by atomic mass is 19.3. The molecule has 1 aromatic carbocycles. The zero-order chi connectivity index (χ0) is 17.5. The van der Waals surface area contributed by atoms with Gasteiger partial charge in [-0.25, -0.2) is 9.78 Å². The molecule has 24 heavy (non-hydrogen) atoms. The predicted molar refractivity (Wildman–Crippen MR) is 77.5 cm³/mol. The summed E-state index contributed by atoms with van der Waals surface area (Å²) in [6.07, 6.45) is -2.19. The number of methoxy groups -OCH3 is 2. The van der Waals surface area contributed by atoms with Gasteiger partial charge < -0.3 is 19.3 Å². The number of aliphatic hydroxyl groups is 1. The first-order chi connectivity index (χ1) is 11.4. The van der Waals surface area contributed by atoms with Crippen molar-refractivity contribution in [1.29, 1.82) is 0 Å². The number of hydrogen-bond donors (Lipinski definition) is 1. The Bertz CT molecular complexity index is 809. The molecule has 0 spiro atoms. The lowest BCUT2D eigenvalue weighted by atomic mass is 9.99. The van der Waals surface area contributed by atoms with Crippen LogP contribution in [0.4, 0.5) is 8.78 Å². The van der Waals surface area contributed by atoms with Crippen molar-refractivity contribution in [3.05, 3.63) is 47.2 Å². The molecule has 8 heteroatoms. The van der Waals surface area contributed by atoms with Crippen LogP contribution in [0.15, 0.2) is 30.3 Å². The van der Waals surface area contributed by atoms with E-state index in [4.69, 9.17) is 9.47 Å². The Morgan fingerprint density at radius 1 is 1.25 bits per heavy atom. The molecule has 0 saturated heterocycles. The number of rotatable bonds is 2. The minimum atomic E-state index is -3.71. The Balaban J connectivity index is 2.18. The van der Waals surface area contributed by atoms with E-state index >= 15 is 0 Å². The second-order valence-electron chi connectivity index (χ2n) is 5.07. The number of ether oxygens (including phenoxy) is 3. The molecule has 0 bridgehead atoms. The van der Waals surface area contributed by atoms with E-state index in [1.54, 1.807) is 0 Å². The van der Waals surface area contributed by atoms with Gasteiger partial charge in [0.25, 0.3) is 0 Å². The summed E-state index contributed by atoms with van der Waals surface area (Å²) >= 11 is 0. The number of pyridine rings is 1. The van der Waals surface area contributed by atoms with Crippen molar-refractivity contribution in [1.82, 2.24) is 4.98 Å². The van der Waals surface area contributed by atoms with Crippen LogP contribution in [0, 0.1) is 0 Å². The lowest BCUT2D eigenvalue weighted by Crippen LogP contribution is -2.24. The molecule has 1 N–H and O–H groups in total. The number of carbonyl (C=O) groups excluding carboxylic acids is 1. The van der Waals surface area contributed by atoms with Gasteiger partial charge in [0.2, 0.25) is 5.88 Å². The van der Waals surface area contributed by atoms with Gasteiger partial charge in [0.05, 0.1) is 19.8 Å². The van der Waals surface area contributed by atoms with Crippen molar-refractivity contribution in [2.45, 2.75) is 12.0 Å². The molecule has 2 heterocycles. The van der Waals surface area contributed by atoms with Crippen LogP contribution in [-0.2, 0) is 10.7 Å². The van der Waals surface area contributed by atoms with Crippen LogP contribution < -0.4 is 9.47 Å². The van der Waals surface area contributed by atoms with Crippen LogP contribution in [0.3, 0.4) is 0 Å². The largest absolute Gasteiger partial charge is 0.481 e. The van der Waals surface area contributed by atoms with Crippen LogP contribution in [0.1, 0.15) is 27.7 Å². The predicted octanol–water partition coefficient (Wildman–Crippen LogP) is 2.81. The van der Waals surface area contributed by atoms with Gasteiger partial charge in [-0.1, -0.05) is 6.07 Å². The third-order valence-corrected chi connectivity index (χ3v) is 3.65. The average molecular weight is 337 g/mol. The molecule has 126 valence electrons. The Kier molecular flexibility index (Phi) is 3.84. The van der Waals surface area contributed by atoms with Gasteiger partial charge in [-0.15, -0.1) is 0 Å². The Morgan fingerprint density at radius 3 is 2.67 bits per heavy atom. The van der Waals surface area contributed by atoms with Crippen molar-refractivity contribution >= 4 is 5.97 Å². The van der Waals surface area contributed by atoms with E-state index in [0.29, 0.717) is 0 Å². The number of nitrogens with zero attached hydrogens (tertiary/aromatic N) is 1. The third kappa shape index (κ3) is 2.44. The number of halogens is 2. The molecule has 1 unspecified atom stereocenters. The van der Waals surface area contributed by atoms with Gasteiger partial charge in [-0.05, 0) is 18.2 Å². The summed E-state index contributed by atoms with van der Waals surface area (Å²) in [7, 11) is 2.49. The van der Waals surface area contributed by atoms with Crippen LogP contribution in [-0.4, -0.2) is 30.3 Å². The third-order valence-electron chi connectivity index (χ3n) is 3.65. The van der Waals surface area contributed by atoms with Crippen LogP contribution in [0.25, 0.3) is 0 Å². The van der Waals surface area contributed by atoms with E-state index in [1.807, 2.05) is 0 Å². The molecule has 0 amide bonds. The van der Waals surface area contributed by atoms with Gasteiger partial charge in [-0.2, -0.15) is 8.78 Å². The quantitative estimate of drug-likeness (QED) is 0.849. The maximum atomic E-state index is 14.6. The minimum absolute atomic E-state index is 0.0366. The lowest BCUT2D eigenvalue weighted by Gasteiger charge is -2.20. The zero-order valence-corrected chi connectivity index (χ0v) is 12.7. The monoisotopic (exact) mass is 337 g/mol. The molecular formula is C16H13F2NO5. The Labute approximate surface area is 135 Å². The van der Waals surface area contributed by atoms with Gasteiger partial charge in [0.1, 0.15) is 5.75 Å². The fourth-order valence-electron chi connectivity index (χ4n) is 2.40. The lowest BCUT2D eigenvalue weighted by molar-refractivity contribution is -0.120. The number of aliphatic hydroxyl groups excluding tert-OH is 1. The van der Waals surface area contributed by atoms with E-state index in [-0.39, 0.29) is 28.5 Å². The standard InChI is InChI=1S/C16H13F2NO5/c1-22-12-6-5-10-13(19-12)16(17,18)14(20)9-4-3-8(15(21)23-2)7-11(9)24-10/h3-7,14,20H,1-2H3. The summed E-state index contributed by atoms with van der Waals surface area (Å²) in [6, 6.07) is 6.33. The molecule has 2 aromatic rings. The fourth-order valence-corrected chi connectivity index (χ4v) is 2.40. The number of esters is 1. The SMILES string of the molecule is COC(=O)c1ccc2c(c1)Oc1ccc(OC)nc1C(F)(F)C2O. The van der Waals surface area contributed by atoms with Crippen molar-refractivity contribution < 1.29 is 32.9 Å². The molecule has 1 atom stereocenters. The number of fused-ring (bicyclic) bond motifs is 2. The summed E-state index contributed by atoms with van der Waals surface area (Å²) in [6.45, 7) is 0. The van der Waals surface area contributed by atoms with Crippen molar-refractivity contribution in [3.8, 4) is 17.4 Å². The second kappa shape index (κ2) is 5.72. The number of benzene rings is 1. The van der Waals surface area contributed by atoms with E-state index in [9.17, 15) is 18.7 Å². The smallest absolute Gasteiger partial charge is 0.337 e. The summed E-state index contributed by atoms with van der Waals surface area (Å²) in [4.78, 5) is 15.3. The van der Waals surface area contributed by atoms with Crippen molar-refractivity contribution in [2.75, 3.05) is 14.2 Å². The molecule has 0 saturated carbocycles. The second-order valence-corrected chi connectivity index (χ2v) is 5.07. The highest BCUT2D eigenvalue weighted by Crippen LogP contribution is 2.50. The topological polar surface area (TPSA) is 77.9 Å². The molecule has 1 aliphatic rings. The van der Waals surface area contributed by atoms with Gasteiger partial charge in [-0.3, -0.25) is 0 Å². The van der Waals surface area contributed by atoms with E-state index in [2.05, 4.69) is 9.72 Å². The Hall–Kier alpha value is -2.74. The number of aromatic nitrogens is 1. The number of carbonyl (C=O) groups is 1. The molecule has 0 fully saturated rings. The highest BCUT2D eigenvalue weighted by Gasteiger charge is 2.48. The zero-order valence-electron chi connectivity index (χ0n) is 12.7. The minimum Gasteiger partial charge on any atom is -0.481 e. The van der Waals surface area contributed by atoms with Gasteiger partial charge >= 0.3 is 11.9 Å². The summed E-state index contributed by atoms with van der Waals surface area (Å²) in [5.74, 6) is -4.70. The average Bonchev–Trinajstić information content (AvgIpc) is 2.67. The summed E-state index contributed by atoms with van der Waals surface area (Å²) in [5.41, 5.74) is -0.800. The molecule has 0 aliphatic carbocycles. The maximum Gasteiger partial charge on any atom is 0.337 e. The van der Waals surface area contributed by atoms with Crippen LogP contribution in [0.2, 0.25) is 0 Å². The van der Waals surface area contributed by atoms with Crippen molar-refractivity contribution in [2.24, 2.45) is 0 Å². The van der Waals surface area contributed by atoms with E-state index in [0.717, 1.165) is 0 Å². The first-order valence-corrected chi connectivity index (χ1v) is 6.90. The van der Waals surface area contributed by atoms with Gasteiger partial charge in [0.15, 0.2) is 17.5 Å². The van der Waals surface area contributed by atoms with Crippen LogP contribution in [0.5, 0.6) is 17.4 Å².